The number of ether oxygens (including phenoxy) is 2. The van der Waals surface area contributed by atoms with Gasteiger partial charge in [-0.1, -0.05) is 0 Å². The SMILES string of the molecule is [B]c1c(CC(=O)OC)nc(-c2c(OC)ncnc2C2CC2)[nH]c1=O. The summed E-state index contributed by atoms with van der Waals surface area (Å²) in [5.41, 5.74) is 0.775. The molecule has 122 valence electrons. The van der Waals surface area contributed by atoms with Gasteiger partial charge in [0.1, 0.15) is 25.6 Å². The molecule has 0 spiro atoms. The second-order valence-electron chi connectivity index (χ2n) is 5.45. The van der Waals surface area contributed by atoms with Crippen LogP contribution in [0.3, 0.4) is 0 Å². The summed E-state index contributed by atoms with van der Waals surface area (Å²) < 4.78 is 9.91. The van der Waals surface area contributed by atoms with E-state index in [1.54, 1.807) is 0 Å². The van der Waals surface area contributed by atoms with Crippen molar-refractivity contribution in [3.8, 4) is 17.3 Å². The Hall–Kier alpha value is -2.71. The highest BCUT2D eigenvalue weighted by molar-refractivity contribution is 6.33. The fourth-order valence-corrected chi connectivity index (χ4v) is 2.42. The molecule has 2 aromatic rings. The molecule has 0 unspecified atom stereocenters. The van der Waals surface area contributed by atoms with Gasteiger partial charge in [-0.2, -0.15) is 0 Å². The number of methoxy groups -OCH3 is 2. The zero-order chi connectivity index (χ0) is 17.3. The van der Waals surface area contributed by atoms with Gasteiger partial charge < -0.3 is 14.5 Å². The minimum atomic E-state index is -0.538. The minimum Gasteiger partial charge on any atom is -0.480 e. The number of rotatable bonds is 5. The molecule has 2 radical (unpaired) electrons. The van der Waals surface area contributed by atoms with Gasteiger partial charge in [0.15, 0.2) is 0 Å². The van der Waals surface area contributed by atoms with E-state index in [1.807, 2.05) is 0 Å². The third-order valence-corrected chi connectivity index (χ3v) is 3.81. The van der Waals surface area contributed by atoms with Gasteiger partial charge in [-0.05, 0) is 18.3 Å². The molecule has 0 aromatic carbocycles. The lowest BCUT2D eigenvalue weighted by molar-refractivity contribution is -0.139. The number of esters is 1. The smallest absolute Gasteiger partial charge is 0.311 e. The first kappa shape index (κ1) is 16.2. The summed E-state index contributed by atoms with van der Waals surface area (Å²) >= 11 is 0. The van der Waals surface area contributed by atoms with Crippen LogP contribution in [0.4, 0.5) is 0 Å². The van der Waals surface area contributed by atoms with Crippen molar-refractivity contribution in [2.24, 2.45) is 0 Å². The highest BCUT2D eigenvalue weighted by atomic mass is 16.5. The maximum Gasteiger partial charge on any atom is 0.311 e. The van der Waals surface area contributed by atoms with Crippen LogP contribution < -0.4 is 15.8 Å². The molecule has 1 saturated carbocycles. The van der Waals surface area contributed by atoms with E-state index in [9.17, 15) is 9.59 Å². The summed E-state index contributed by atoms with van der Waals surface area (Å²) in [5.74, 6) is 0.282. The average molecular weight is 326 g/mol. The highest BCUT2D eigenvalue weighted by Crippen LogP contribution is 2.44. The number of nitrogens with one attached hydrogen (secondary N) is 1. The number of hydrogen-bond acceptors (Lipinski definition) is 7. The Morgan fingerprint density at radius 1 is 1.38 bits per heavy atom. The molecule has 24 heavy (non-hydrogen) atoms. The molecule has 0 amide bonds. The lowest BCUT2D eigenvalue weighted by Crippen LogP contribution is -2.34. The molecule has 0 atom stereocenters. The third kappa shape index (κ3) is 3.01. The van der Waals surface area contributed by atoms with E-state index >= 15 is 0 Å². The van der Waals surface area contributed by atoms with Gasteiger partial charge in [-0.25, -0.2) is 15.0 Å². The van der Waals surface area contributed by atoms with Gasteiger partial charge in [-0.15, -0.1) is 0 Å². The van der Waals surface area contributed by atoms with Crippen molar-refractivity contribution >= 4 is 19.3 Å². The molecule has 8 nitrogen and oxygen atoms in total. The first-order valence-corrected chi connectivity index (χ1v) is 7.39. The Morgan fingerprint density at radius 2 is 2.12 bits per heavy atom. The molecule has 3 rings (SSSR count). The van der Waals surface area contributed by atoms with Crippen molar-refractivity contribution in [1.82, 2.24) is 19.9 Å². The normalized spacial score (nSPS) is 13.6. The van der Waals surface area contributed by atoms with E-state index in [0.717, 1.165) is 18.5 Å². The number of aromatic nitrogens is 4. The van der Waals surface area contributed by atoms with Crippen LogP contribution in [0.2, 0.25) is 0 Å². The van der Waals surface area contributed by atoms with E-state index < -0.39 is 11.5 Å². The van der Waals surface area contributed by atoms with Crippen LogP contribution >= 0.6 is 0 Å². The number of H-pyrrole nitrogens is 1. The van der Waals surface area contributed by atoms with Crippen LogP contribution in [0.1, 0.15) is 30.1 Å². The number of carbonyl (C=O) groups is 1. The summed E-state index contributed by atoms with van der Waals surface area (Å²) in [5, 5.41) is 0. The van der Waals surface area contributed by atoms with Crippen molar-refractivity contribution < 1.29 is 14.3 Å². The Bertz CT molecular complexity index is 848. The molecule has 1 aliphatic rings. The Balaban J connectivity index is 2.16. The number of nitrogens with zero attached hydrogens (tertiary/aromatic N) is 3. The predicted octanol–water partition coefficient (Wildman–Crippen LogP) is -0.378. The number of hydrogen-bond donors (Lipinski definition) is 1. The third-order valence-electron chi connectivity index (χ3n) is 3.81. The minimum absolute atomic E-state index is 0.118. The zero-order valence-electron chi connectivity index (χ0n) is 13.3. The maximum absolute atomic E-state index is 12.1. The summed E-state index contributed by atoms with van der Waals surface area (Å²) in [7, 11) is 8.47. The van der Waals surface area contributed by atoms with E-state index in [1.165, 1.54) is 20.5 Å². The van der Waals surface area contributed by atoms with Crippen LogP contribution in [0, 0.1) is 0 Å². The number of carbonyl (C=O) groups excluding carboxylic acids is 1. The van der Waals surface area contributed by atoms with E-state index in [0.29, 0.717) is 11.4 Å². The summed E-state index contributed by atoms with van der Waals surface area (Å²) in [4.78, 5) is 39.0. The summed E-state index contributed by atoms with van der Waals surface area (Å²) in [6.45, 7) is 0. The van der Waals surface area contributed by atoms with Crippen molar-refractivity contribution in [1.29, 1.82) is 0 Å². The molecule has 0 bridgehead atoms. The number of aromatic amines is 1. The largest absolute Gasteiger partial charge is 0.480 e. The molecule has 1 N–H and O–H groups in total. The molecular weight excluding hydrogens is 311 g/mol. The second kappa shape index (κ2) is 6.42. The standard InChI is InChI=1S/C15H15BN4O4/c1-23-9(21)5-8-11(16)14(22)20-13(19-8)10-12(7-3-4-7)17-6-18-15(10)24-2/h6-7H,3-5H2,1-2H3,(H,19,20,22). The zero-order valence-corrected chi connectivity index (χ0v) is 13.3. The van der Waals surface area contributed by atoms with Gasteiger partial charge in [0.05, 0.1) is 32.0 Å². The van der Waals surface area contributed by atoms with Gasteiger partial charge >= 0.3 is 5.97 Å². The molecule has 9 heteroatoms. The van der Waals surface area contributed by atoms with Crippen LogP contribution in [0.5, 0.6) is 5.88 Å². The quantitative estimate of drug-likeness (QED) is 0.589. The van der Waals surface area contributed by atoms with Crippen molar-refractivity contribution in [3.05, 3.63) is 28.1 Å². The molecule has 1 aliphatic carbocycles. The maximum atomic E-state index is 12.1. The molecule has 1 fully saturated rings. The Labute approximate surface area is 139 Å². The van der Waals surface area contributed by atoms with Crippen molar-refractivity contribution in [2.45, 2.75) is 25.2 Å². The lowest BCUT2D eigenvalue weighted by Gasteiger charge is -2.12. The molecule has 2 heterocycles. The van der Waals surface area contributed by atoms with Gasteiger partial charge in [0, 0.05) is 5.92 Å². The lowest BCUT2D eigenvalue weighted by atomic mass is 9.94. The van der Waals surface area contributed by atoms with Gasteiger partial charge in [0.25, 0.3) is 0 Å². The van der Waals surface area contributed by atoms with E-state index in [2.05, 4.69) is 24.7 Å². The highest BCUT2D eigenvalue weighted by Gasteiger charge is 2.31. The van der Waals surface area contributed by atoms with Crippen molar-refractivity contribution in [3.63, 3.8) is 0 Å². The van der Waals surface area contributed by atoms with Crippen LogP contribution in [0.25, 0.3) is 11.4 Å². The fraction of sp³-hybridized carbons (Fsp3) is 0.400. The molecule has 2 aromatic heterocycles. The van der Waals surface area contributed by atoms with Crippen LogP contribution in [-0.4, -0.2) is 48.0 Å². The summed E-state index contributed by atoms with van der Waals surface area (Å²) in [6.07, 6.45) is 3.22. The van der Waals surface area contributed by atoms with Crippen LogP contribution in [0.15, 0.2) is 11.1 Å². The molecule has 0 saturated heterocycles. The van der Waals surface area contributed by atoms with Gasteiger partial charge in [0.2, 0.25) is 11.4 Å². The van der Waals surface area contributed by atoms with Gasteiger partial charge in [-0.3, -0.25) is 9.59 Å². The molecular formula is C15H15BN4O4. The Morgan fingerprint density at radius 3 is 2.75 bits per heavy atom. The molecule has 0 aliphatic heterocycles. The first-order valence-electron chi connectivity index (χ1n) is 7.39. The van der Waals surface area contributed by atoms with E-state index in [4.69, 9.17) is 12.6 Å². The predicted molar refractivity (Wildman–Crippen MR) is 85.5 cm³/mol. The topological polar surface area (TPSA) is 107 Å². The average Bonchev–Trinajstić information content (AvgIpc) is 3.42. The van der Waals surface area contributed by atoms with Crippen molar-refractivity contribution in [2.75, 3.05) is 14.2 Å². The monoisotopic (exact) mass is 326 g/mol. The summed E-state index contributed by atoms with van der Waals surface area (Å²) in [6, 6.07) is 0. The first-order chi connectivity index (χ1) is 11.5. The van der Waals surface area contributed by atoms with E-state index in [-0.39, 0.29) is 29.3 Å². The Kier molecular flexibility index (Phi) is 4.33. The second-order valence-corrected chi connectivity index (χ2v) is 5.45. The van der Waals surface area contributed by atoms with Crippen LogP contribution in [-0.2, 0) is 16.0 Å². The fourth-order valence-electron chi connectivity index (χ4n) is 2.42.